The van der Waals surface area contributed by atoms with Crippen molar-refractivity contribution >= 4 is 30.1 Å². The van der Waals surface area contributed by atoms with Crippen molar-refractivity contribution in [2.24, 2.45) is 9.98 Å². The molecule has 0 N–H and O–H groups in total. The zero-order valence-corrected chi connectivity index (χ0v) is 3.55. The molecule has 0 fully saturated rings. The molecule has 1 aliphatic heterocycles. The van der Waals surface area contributed by atoms with Gasteiger partial charge in [0.25, 0.3) is 0 Å². The van der Waals surface area contributed by atoms with E-state index in [1.165, 1.54) is 0 Å². The SMILES string of the molecule is [Li][C]1N=CC=N1. The second-order valence-corrected chi connectivity index (χ2v) is 1.10. The molecule has 0 aromatic carbocycles. The van der Waals surface area contributed by atoms with Gasteiger partial charge in [-0.1, -0.05) is 0 Å². The van der Waals surface area contributed by atoms with Crippen LogP contribution in [0.25, 0.3) is 0 Å². The molecule has 0 aromatic rings. The van der Waals surface area contributed by atoms with Crippen LogP contribution in [0.1, 0.15) is 0 Å². The average molecular weight is 73.0 g/mol. The molecular formula is C3H2LiN2. The molecule has 1 radical (unpaired) electrons. The summed E-state index contributed by atoms with van der Waals surface area (Å²) >= 11 is 1.86. The van der Waals surface area contributed by atoms with E-state index in [2.05, 4.69) is 9.98 Å². The molecule has 0 saturated carbocycles. The Balaban J connectivity index is 2.60. The van der Waals surface area contributed by atoms with Crippen LogP contribution in [0.5, 0.6) is 0 Å². The van der Waals surface area contributed by atoms with Crippen molar-refractivity contribution < 1.29 is 0 Å². The summed E-state index contributed by atoms with van der Waals surface area (Å²) in [5, 5.41) is 0. The second kappa shape index (κ2) is 1.59. The van der Waals surface area contributed by atoms with Gasteiger partial charge < -0.3 is 0 Å². The van der Waals surface area contributed by atoms with E-state index in [1.54, 1.807) is 12.4 Å². The minimum absolute atomic E-state index is 0.843. The molecule has 0 aromatic heterocycles. The average Bonchev–Trinajstić information content (AvgIpc) is 1.86. The molecule has 0 spiro atoms. The summed E-state index contributed by atoms with van der Waals surface area (Å²) in [5.74, 6) is 0. The van der Waals surface area contributed by atoms with Gasteiger partial charge in [-0.2, -0.15) is 0 Å². The third-order valence-electron chi connectivity index (χ3n) is 0.589. The first-order chi connectivity index (χ1) is 2.89. The van der Waals surface area contributed by atoms with E-state index in [0.29, 0.717) is 0 Å². The first-order valence-electron chi connectivity index (χ1n) is 1.80. The van der Waals surface area contributed by atoms with Gasteiger partial charge in [0.1, 0.15) is 0 Å². The van der Waals surface area contributed by atoms with Crippen LogP contribution < -0.4 is 0 Å². The van der Waals surface area contributed by atoms with E-state index in [9.17, 15) is 0 Å². The zero-order valence-electron chi connectivity index (χ0n) is 3.55. The first kappa shape index (κ1) is 4.11. The van der Waals surface area contributed by atoms with E-state index < -0.39 is 0 Å². The van der Waals surface area contributed by atoms with Crippen LogP contribution in [0.3, 0.4) is 0 Å². The number of hydrogen-bond donors (Lipinski definition) is 0. The topological polar surface area (TPSA) is 24.7 Å². The Kier molecular flexibility index (Phi) is 1.09. The molecule has 0 amide bonds. The minimum atomic E-state index is 0.843. The summed E-state index contributed by atoms with van der Waals surface area (Å²) in [5.41, 5.74) is 0. The molecule has 0 unspecified atom stereocenters. The summed E-state index contributed by atoms with van der Waals surface area (Å²) in [6.07, 6.45) is 3.35. The van der Waals surface area contributed by atoms with Gasteiger partial charge in [-0.05, 0) is 0 Å². The predicted molar refractivity (Wildman–Crippen MR) is 26.0 cm³/mol. The second-order valence-electron chi connectivity index (χ2n) is 1.10. The Morgan fingerprint density at radius 3 is 2.00 bits per heavy atom. The van der Waals surface area contributed by atoms with Crippen LogP contribution >= 0.6 is 0 Å². The molecule has 0 aliphatic carbocycles. The third-order valence-corrected chi connectivity index (χ3v) is 0.589. The maximum absolute atomic E-state index is 3.81. The maximum atomic E-state index is 3.81. The standard InChI is InChI=1S/C3H2N2.Li/c1-2-5-3-4-1;/h1-2H;. The molecule has 0 bridgehead atoms. The molecule has 1 heterocycles. The molecule has 0 saturated heterocycles. The van der Waals surface area contributed by atoms with Crippen LogP contribution in [0.15, 0.2) is 9.98 Å². The first-order valence-corrected chi connectivity index (χ1v) is 1.80. The zero-order chi connectivity index (χ0) is 4.41. The number of hydrogen-bond acceptors (Lipinski definition) is 2. The van der Waals surface area contributed by atoms with Crippen molar-refractivity contribution in [3.05, 3.63) is 4.84 Å². The van der Waals surface area contributed by atoms with E-state index in [1.807, 2.05) is 17.7 Å². The van der Waals surface area contributed by atoms with Crippen LogP contribution in [0, 0.1) is 4.84 Å². The Morgan fingerprint density at radius 1 is 1.33 bits per heavy atom. The normalized spacial score (nSPS) is 20.3. The van der Waals surface area contributed by atoms with Gasteiger partial charge in [0, 0.05) is 0 Å². The summed E-state index contributed by atoms with van der Waals surface area (Å²) in [6.45, 7) is 0. The Hall–Kier alpha value is -0.0626. The molecule has 25 valence electrons. The number of aliphatic imine (C=N–C) groups is 2. The van der Waals surface area contributed by atoms with Crippen LogP contribution in [-0.4, -0.2) is 30.1 Å². The van der Waals surface area contributed by atoms with Crippen LogP contribution in [0.4, 0.5) is 0 Å². The Labute approximate surface area is 45.6 Å². The molecule has 1 aliphatic rings. The fourth-order valence-corrected chi connectivity index (χ4v) is 0.316. The van der Waals surface area contributed by atoms with Gasteiger partial charge in [0.05, 0.1) is 0 Å². The van der Waals surface area contributed by atoms with Crippen molar-refractivity contribution in [3.63, 3.8) is 0 Å². The van der Waals surface area contributed by atoms with E-state index in [4.69, 9.17) is 0 Å². The van der Waals surface area contributed by atoms with E-state index >= 15 is 0 Å². The van der Waals surface area contributed by atoms with E-state index in [-0.39, 0.29) is 0 Å². The van der Waals surface area contributed by atoms with Gasteiger partial charge in [0.2, 0.25) is 0 Å². The van der Waals surface area contributed by atoms with Crippen LogP contribution in [0.2, 0.25) is 0 Å². The molecule has 2 nitrogen and oxygen atoms in total. The molecule has 1 rings (SSSR count). The van der Waals surface area contributed by atoms with Crippen molar-refractivity contribution in [1.82, 2.24) is 0 Å². The fourth-order valence-electron chi connectivity index (χ4n) is 0.316. The van der Waals surface area contributed by atoms with Crippen molar-refractivity contribution in [2.75, 3.05) is 0 Å². The molecule has 3 heteroatoms. The van der Waals surface area contributed by atoms with Crippen LogP contribution in [-0.2, 0) is 0 Å². The monoisotopic (exact) mass is 73.0 g/mol. The Morgan fingerprint density at radius 2 is 1.83 bits per heavy atom. The fraction of sp³-hybridized carbons (Fsp3) is 0. The number of rotatable bonds is 0. The summed E-state index contributed by atoms with van der Waals surface area (Å²) in [4.78, 5) is 8.45. The van der Waals surface area contributed by atoms with Crippen molar-refractivity contribution in [1.29, 1.82) is 0 Å². The summed E-state index contributed by atoms with van der Waals surface area (Å²) in [6, 6.07) is 0. The summed E-state index contributed by atoms with van der Waals surface area (Å²) in [7, 11) is 0. The molecule has 6 heavy (non-hydrogen) atoms. The molecular weight excluding hydrogens is 71.0 g/mol. The third kappa shape index (κ3) is 0.706. The number of nitrogens with zero attached hydrogens (tertiary/aromatic N) is 2. The summed E-state index contributed by atoms with van der Waals surface area (Å²) < 4.78 is 0. The van der Waals surface area contributed by atoms with Gasteiger partial charge >= 0.3 is 45.0 Å². The van der Waals surface area contributed by atoms with Gasteiger partial charge in [-0.3, -0.25) is 0 Å². The van der Waals surface area contributed by atoms with E-state index in [0.717, 1.165) is 4.84 Å². The molecule has 0 atom stereocenters. The predicted octanol–water partition coefficient (Wildman–Crippen LogP) is -0.243. The Bertz CT molecular complexity index is 85.0. The quantitative estimate of drug-likeness (QED) is 0.353. The van der Waals surface area contributed by atoms with Gasteiger partial charge in [0.15, 0.2) is 0 Å². The van der Waals surface area contributed by atoms with Crippen molar-refractivity contribution in [2.45, 2.75) is 0 Å². The van der Waals surface area contributed by atoms with Gasteiger partial charge in [-0.25, -0.2) is 0 Å². The van der Waals surface area contributed by atoms with Gasteiger partial charge in [-0.15, -0.1) is 0 Å². The van der Waals surface area contributed by atoms with Crippen molar-refractivity contribution in [3.8, 4) is 0 Å².